The van der Waals surface area contributed by atoms with E-state index in [1.54, 1.807) is 0 Å². The third kappa shape index (κ3) is 3.39. The summed E-state index contributed by atoms with van der Waals surface area (Å²) in [5.74, 6) is 0.676. The Bertz CT molecular complexity index is 407. The minimum absolute atomic E-state index is 0.458. The molecule has 1 aromatic carbocycles. The number of hydrogen-bond acceptors (Lipinski definition) is 2. The Balaban J connectivity index is 2.17. The molecular weight excluding hydrogens is 300 g/mol. The van der Waals surface area contributed by atoms with Crippen LogP contribution in [0, 0.1) is 5.92 Å². The molecule has 106 valence electrons. The molecule has 2 N–H and O–H groups in total. The van der Waals surface area contributed by atoms with Crippen molar-refractivity contribution in [3.63, 3.8) is 0 Å². The van der Waals surface area contributed by atoms with Gasteiger partial charge >= 0.3 is 0 Å². The van der Waals surface area contributed by atoms with Crippen LogP contribution in [0.4, 0.5) is 0 Å². The predicted molar refractivity (Wildman–Crippen MR) is 85.1 cm³/mol. The van der Waals surface area contributed by atoms with Crippen molar-refractivity contribution in [3.8, 4) is 0 Å². The van der Waals surface area contributed by atoms with Gasteiger partial charge in [0.25, 0.3) is 0 Å². The van der Waals surface area contributed by atoms with Crippen LogP contribution >= 0.6 is 15.9 Å². The number of nitrogens with zero attached hydrogens (tertiary/aromatic N) is 1. The minimum atomic E-state index is 0.458. The summed E-state index contributed by atoms with van der Waals surface area (Å²) in [7, 11) is 0. The molecule has 0 aliphatic heterocycles. The van der Waals surface area contributed by atoms with E-state index in [0.29, 0.717) is 18.0 Å². The van der Waals surface area contributed by atoms with Gasteiger partial charge in [-0.05, 0) is 56.5 Å². The van der Waals surface area contributed by atoms with Gasteiger partial charge in [0.2, 0.25) is 0 Å². The summed E-state index contributed by atoms with van der Waals surface area (Å²) in [5, 5.41) is 0. The van der Waals surface area contributed by atoms with E-state index in [1.807, 2.05) is 0 Å². The Kier molecular flexibility index (Phi) is 5.43. The topological polar surface area (TPSA) is 29.3 Å². The molecule has 19 heavy (non-hydrogen) atoms. The highest BCUT2D eigenvalue weighted by atomic mass is 79.9. The first-order valence-electron chi connectivity index (χ1n) is 7.38. The van der Waals surface area contributed by atoms with E-state index in [0.717, 1.165) is 17.6 Å². The van der Waals surface area contributed by atoms with Crippen LogP contribution in [0.15, 0.2) is 28.7 Å². The fourth-order valence-electron chi connectivity index (χ4n) is 3.48. The molecule has 0 spiro atoms. The van der Waals surface area contributed by atoms with E-state index < -0.39 is 0 Å². The van der Waals surface area contributed by atoms with Crippen molar-refractivity contribution >= 4 is 15.9 Å². The van der Waals surface area contributed by atoms with Crippen molar-refractivity contribution < 1.29 is 0 Å². The van der Waals surface area contributed by atoms with Gasteiger partial charge in [-0.15, -0.1) is 0 Å². The molecule has 3 heteroatoms. The van der Waals surface area contributed by atoms with Crippen molar-refractivity contribution in [2.45, 2.75) is 45.2 Å². The lowest BCUT2D eigenvalue weighted by Gasteiger charge is -2.37. The molecule has 0 saturated heterocycles. The molecule has 1 aliphatic rings. The van der Waals surface area contributed by atoms with Crippen LogP contribution in [-0.2, 0) is 0 Å². The fourth-order valence-corrected chi connectivity index (χ4v) is 3.90. The van der Waals surface area contributed by atoms with Gasteiger partial charge in [-0.1, -0.05) is 41.4 Å². The highest BCUT2D eigenvalue weighted by Gasteiger charge is 2.33. The van der Waals surface area contributed by atoms with Gasteiger partial charge in [0.05, 0.1) is 0 Å². The quantitative estimate of drug-likeness (QED) is 0.888. The monoisotopic (exact) mass is 324 g/mol. The second-order valence-electron chi connectivity index (χ2n) is 5.56. The van der Waals surface area contributed by atoms with E-state index in [4.69, 9.17) is 5.73 Å². The highest BCUT2D eigenvalue weighted by molar-refractivity contribution is 9.10. The van der Waals surface area contributed by atoms with E-state index in [-0.39, 0.29) is 0 Å². The Morgan fingerprint density at radius 1 is 1.42 bits per heavy atom. The maximum Gasteiger partial charge on any atom is 0.0323 e. The number of nitrogens with two attached hydrogens (primary N) is 1. The standard InChI is InChI=1S/C16H25BrN2/c1-3-19(16-9-5-7-14(16)11-18)12(2)13-6-4-8-15(17)10-13/h4,6,8,10,12,14,16H,3,5,7,9,11,18H2,1-2H3. The second kappa shape index (κ2) is 6.87. The first-order valence-corrected chi connectivity index (χ1v) is 8.18. The molecule has 0 heterocycles. The first-order chi connectivity index (χ1) is 9.17. The van der Waals surface area contributed by atoms with Crippen molar-refractivity contribution in [2.24, 2.45) is 11.7 Å². The molecule has 1 aromatic rings. The molecular formula is C16H25BrN2. The van der Waals surface area contributed by atoms with E-state index >= 15 is 0 Å². The molecule has 3 atom stereocenters. The molecule has 1 aliphatic carbocycles. The molecule has 0 amide bonds. The summed E-state index contributed by atoms with van der Waals surface area (Å²) in [6.07, 6.45) is 3.92. The van der Waals surface area contributed by atoms with Crippen molar-refractivity contribution in [2.75, 3.05) is 13.1 Å². The molecule has 1 fully saturated rings. The highest BCUT2D eigenvalue weighted by Crippen LogP contribution is 2.34. The lowest BCUT2D eigenvalue weighted by Crippen LogP contribution is -2.41. The Labute approximate surface area is 125 Å². The van der Waals surface area contributed by atoms with E-state index in [1.165, 1.54) is 24.8 Å². The summed E-state index contributed by atoms with van der Waals surface area (Å²) >= 11 is 3.57. The van der Waals surface area contributed by atoms with Crippen molar-refractivity contribution in [3.05, 3.63) is 34.3 Å². The number of halogens is 1. The Morgan fingerprint density at radius 3 is 2.84 bits per heavy atom. The lowest BCUT2D eigenvalue weighted by molar-refractivity contribution is 0.123. The van der Waals surface area contributed by atoms with Crippen LogP contribution in [0.25, 0.3) is 0 Å². The van der Waals surface area contributed by atoms with E-state index in [2.05, 4.69) is 58.9 Å². The molecule has 0 bridgehead atoms. The van der Waals surface area contributed by atoms with Gasteiger partial charge in [-0.3, -0.25) is 4.90 Å². The van der Waals surface area contributed by atoms with Gasteiger partial charge in [-0.2, -0.15) is 0 Å². The number of hydrogen-bond donors (Lipinski definition) is 1. The average Bonchev–Trinajstić information content (AvgIpc) is 2.88. The summed E-state index contributed by atoms with van der Waals surface area (Å²) in [5.41, 5.74) is 7.33. The third-order valence-corrected chi connectivity index (χ3v) is 5.03. The van der Waals surface area contributed by atoms with Crippen LogP contribution in [0.3, 0.4) is 0 Å². The smallest absolute Gasteiger partial charge is 0.0323 e. The Hall–Kier alpha value is -0.380. The average molecular weight is 325 g/mol. The molecule has 2 rings (SSSR count). The summed E-state index contributed by atoms with van der Waals surface area (Å²) in [4.78, 5) is 2.63. The number of benzene rings is 1. The zero-order valence-electron chi connectivity index (χ0n) is 12.0. The Morgan fingerprint density at radius 2 is 2.21 bits per heavy atom. The summed E-state index contributed by atoms with van der Waals surface area (Å²) < 4.78 is 1.16. The van der Waals surface area contributed by atoms with Gasteiger partial charge < -0.3 is 5.73 Å². The van der Waals surface area contributed by atoms with Crippen LogP contribution in [-0.4, -0.2) is 24.0 Å². The van der Waals surface area contributed by atoms with Gasteiger partial charge in [0.1, 0.15) is 0 Å². The third-order valence-electron chi connectivity index (χ3n) is 4.54. The molecule has 0 aromatic heterocycles. The fraction of sp³-hybridized carbons (Fsp3) is 0.625. The van der Waals surface area contributed by atoms with Gasteiger partial charge in [-0.25, -0.2) is 0 Å². The summed E-state index contributed by atoms with van der Waals surface area (Å²) in [6, 6.07) is 9.79. The van der Waals surface area contributed by atoms with Crippen LogP contribution in [0.5, 0.6) is 0 Å². The first kappa shape index (κ1) is 15.0. The minimum Gasteiger partial charge on any atom is -0.330 e. The zero-order chi connectivity index (χ0) is 13.8. The maximum atomic E-state index is 5.95. The zero-order valence-corrected chi connectivity index (χ0v) is 13.6. The number of rotatable bonds is 5. The SMILES string of the molecule is CCN(C(C)c1cccc(Br)c1)C1CCCC1CN. The van der Waals surface area contributed by atoms with Gasteiger partial charge in [0, 0.05) is 16.6 Å². The van der Waals surface area contributed by atoms with Crippen molar-refractivity contribution in [1.29, 1.82) is 0 Å². The van der Waals surface area contributed by atoms with E-state index in [9.17, 15) is 0 Å². The summed E-state index contributed by atoms with van der Waals surface area (Å²) in [6.45, 7) is 6.50. The molecule has 3 unspecified atom stereocenters. The largest absolute Gasteiger partial charge is 0.330 e. The normalized spacial score (nSPS) is 24.9. The molecule has 0 radical (unpaired) electrons. The second-order valence-corrected chi connectivity index (χ2v) is 6.47. The van der Waals surface area contributed by atoms with Crippen molar-refractivity contribution in [1.82, 2.24) is 4.90 Å². The lowest BCUT2D eigenvalue weighted by atomic mass is 9.98. The maximum absolute atomic E-state index is 5.95. The van der Waals surface area contributed by atoms with Crippen LogP contribution in [0.2, 0.25) is 0 Å². The van der Waals surface area contributed by atoms with Crippen LogP contribution in [0.1, 0.15) is 44.7 Å². The molecule has 2 nitrogen and oxygen atoms in total. The molecule has 1 saturated carbocycles. The van der Waals surface area contributed by atoms with Crippen LogP contribution < -0.4 is 5.73 Å². The van der Waals surface area contributed by atoms with Gasteiger partial charge in [0.15, 0.2) is 0 Å². The predicted octanol–water partition coefficient (Wildman–Crippen LogP) is 3.96.